The summed E-state index contributed by atoms with van der Waals surface area (Å²) >= 11 is 0. The lowest BCUT2D eigenvalue weighted by molar-refractivity contribution is -0.125. The number of likely N-dealkylation sites (tertiary alicyclic amines) is 2. The number of nitrogens with two attached hydrogens (primary N) is 2. The number of Topliss-reactive ketones (excluding diaryl/α,β-unsaturated/α-hetero) is 1. The molecule has 0 bridgehead atoms. The van der Waals surface area contributed by atoms with Gasteiger partial charge in [-0.25, -0.2) is 0 Å². The molecule has 0 unspecified atom stereocenters. The van der Waals surface area contributed by atoms with Gasteiger partial charge >= 0.3 is 0 Å². The van der Waals surface area contributed by atoms with Crippen molar-refractivity contribution in [2.75, 3.05) is 26.2 Å². The molecule has 166 valence electrons. The highest BCUT2D eigenvalue weighted by molar-refractivity contribution is 5.84. The molecule has 2 aliphatic heterocycles. The number of hydrogen-bond acceptors (Lipinski definition) is 5. The van der Waals surface area contributed by atoms with E-state index in [1.54, 1.807) is 0 Å². The zero-order valence-corrected chi connectivity index (χ0v) is 18.2. The summed E-state index contributed by atoms with van der Waals surface area (Å²) in [7, 11) is 0. The molecule has 6 heteroatoms. The van der Waals surface area contributed by atoms with Gasteiger partial charge in [0.15, 0.2) is 0 Å². The summed E-state index contributed by atoms with van der Waals surface area (Å²) in [5, 5.41) is 0. The predicted octanol–water partition coefficient (Wildman–Crippen LogP) is 2.32. The second kappa shape index (κ2) is 11.2. The first kappa shape index (κ1) is 23.1. The van der Waals surface area contributed by atoms with Crippen LogP contribution in [0.4, 0.5) is 0 Å². The number of hydrogen-bond donors (Lipinski definition) is 2. The van der Waals surface area contributed by atoms with E-state index in [9.17, 15) is 9.59 Å². The van der Waals surface area contributed by atoms with Crippen LogP contribution >= 0.6 is 0 Å². The standard InChI is InChI=1S/C13H19N3O.C12H15NO/c14-12(17)13(15)6-8-16(9-7-13)10-11-4-2-1-3-5-11;14-12-6-8-13(9-7-12)10-11-4-2-1-3-5-11/h1-5H,6-10,15H2,(H2,14,17);1-5H,6-10H2. The van der Waals surface area contributed by atoms with Crippen LogP contribution < -0.4 is 11.5 Å². The van der Waals surface area contributed by atoms with E-state index in [2.05, 4.69) is 46.2 Å². The van der Waals surface area contributed by atoms with Crippen molar-refractivity contribution >= 4 is 11.7 Å². The molecular formula is C25H34N4O2. The molecule has 2 heterocycles. The number of benzene rings is 2. The van der Waals surface area contributed by atoms with Crippen molar-refractivity contribution in [3.63, 3.8) is 0 Å². The third kappa shape index (κ3) is 7.28. The Balaban J connectivity index is 0.000000179. The Morgan fingerprint density at radius 3 is 1.61 bits per heavy atom. The number of primary amides is 1. The van der Waals surface area contributed by atoms with Crippen LogP contribution in [-0.2, 0) is 22.7 Å². The third-order valence-electron chi connectivity index (χ3n) is 6.15. The highest BCUT2D eigenvalue weighted by Crippen LogP contribution is 2.20. The summed E-state index contributed by atoms with van der Waals surface area (Å²) in [6.45, 7) is 5.40. The van der Waals surface area contributed by atoms with Gasteiger partial charge in [0.1, 0.15) is 5.78 Å². The number of rotatable bonds is 5. The van der Waals surface area contributed by atoms with Gasteiger partial charge in [0, 0.05) is 52.1 Å². The fraction of sp³-hybridized carbons (Fsp3) is 0.440. The van der Waals surface area contributed by atoms with Gasteiger partial charge in [-0.05, 0) is 24.0 Å². The van der Waals surface area contributed by atoms with E-state index < -0.39 is 5.54 Å². The lowest BCUT2D eigenvalue weighted by Crippen LogP contribution is -2.58. The van der Waals surface area contributed by atoms with Gasteiger partial charge in [-0.3, -0.25) is 19.4 Å². The summed E-state index contributed by atoms with van der Waals surface area (Å²) in [5.74, 6) is 0.0335. The van der Waals surface area contributed by atoms with E-state index in [1.165, 1.54) is 11.1 Å². The van der Waals surface area contributed by atoms with Crippen molar-refractivity contribution in [3.05, 3.63) is 71.8 Å². The minimum Gasteiger partial charge on any atom is -0.368 e. The molecule has 2 aromatic carbocycles. The van der Waals surface area contributed by atoms with Crippen LogP contribution in [0.1, 0.15) is 36.8 Å². The molecule has 6 nitrogen and oxygen atoms in total. The molecule has 1 amide bonds. The summed E-state index contributed by atoms with van der Waals surface area (Å²) in [6, 6.07) is 20.7. The smallest absolute Gasteiger partial charge is 0.237 e. The third-order valence-corrected chi connectivity index (χ3v) is 6.15. The van der Waals surface area contributed by atoms with Gasteiger partial charge < -0.3 is 11.5 Å². The van der Waals surface area contributed by atoms with E-state index >= 15 is 0 Å². The molecule has 4 N–H and O–H groups in total. The maximum Gasteiger partial charge on any atom is 0.237 e. The van der Waals surface area contributed by atoms with Crippen LogP contribution in [0.3, 0.4) is 0 Å². The predicted molar refractivity (Wildman–Crippen MR) is 123 cm³/mol. The van der Waals surface area contributed by atoms with E-state index in [-0.39, 0.29) is 5.91 Å². The Bertz CT molecular complexity index is 823. The van der Waals surface area contributed by atoms with Crippen LogP contribution in [0, 0.1) is 0 Å². The molecule has 31 heavy (non-hydrogen) atoms. The Hall–Kier alpha value is -2.54. The molecule has 0 atom stereocenters. The number of amides is 1. The van der Waals surface area contributed by atoms with Crippen molar-refractivity contribution in [1.82, 2.24) is 9.80 Å². The fourth-order valence-electron chi connectivity index (χ4n) is 4.00. The van der Waals surface area contributed by atoms with Crippen LogP contribution in [0.25, 0.3) is 0 Å². The van der Waals surface area contributed by atoms with Gasteiger partial charge in [-0.1, -0.05) is 60.7 Å². The molecule has 0 aromatic heterocycles. The quantitative estimate of drug-likeness (QED) is 0.771. The first-order valence-corrected chi connectivity index (χ1v) is 11.1. The van der Waals surface area contributed by atoms with Crippen LogP contribution in [0.2, 0.25) is 0 Å². The van der Waals surface area contributed by atoms with E-state index in [4.69, 9.17) is 11.5 Å². The summed E-state index contributed by atoms with van der Waals surface area (Å²) in [4.78, 5) is 26.9. The lowest BCUT2D eigenvalue weighted by atomic mass is 9.88. The maximum atomic E-state index is 11.2. The Morgan fingerprint density at radius 1 is 0.774 bits per heavy atom. The van der Waals surface area contributed by atoms with Crippen molar-refractivity contribution in [1.29, 1.82) is 0 Å². The monoisotopic (exact) mass is 422 g/mol. The molecule has 2 aliphatic rings. The van der Waals surface area contributed by atoms with Gasteiger partial charge in [0.25, 0.3) is 0 Å². The van der Waals surface area contributed by atoms with Gasteiger partial charge in [0.2, 0.25) is 5.91 Å². The topological polar surface area (TPSA) is 92.7 Å². The van der Waals surface area contributed by atoms with Crippen molar-refractivity contribution in [2.45, 2.75) is 44.3 Å². The molecular weight excluding hydrogens is 388 g/mol. The van der Waals surface area contributed by atoms with Crippen molar-refractivity contribution < 1.29 is 9.59 Å². The molecule has 4 rings (SSSR count). The summed E-state index contributed by atoms with van der Waals surface area (Å²) < 4.78 is 0. The van der Waals surface area contributed by atoms with Gasteiger partial charge in [-0.2, -0.15) is 0 Å². The van der Waals surface area contributed by atoms with E-state index in [0.717, 1.165) is 52.1 Å². The number of nitrogens with zero attached hydrogens (tertiary/aromatic N) is 2. The van der Waals surface area contributed by atoms with Crippen molar-refractivity contribution in [3.8, 4) is 0 Å². The zero-order valence-electron chi connectivity index (χ0n) is 18.2. The number of piperidine rings is 2. The largest absolute Gasteiger partial charge is 0.368 e. The van der Waals surface area contributed by atoms with Crippen LogP contribution in [0.15, 0.2) is 60.7 Å². The number of carbonyl (C=O) groups is 2. The number of carbonyl (C=O) groups excluding carboxylic acids is 2. The SMILES string of the molecule is NC(=O)C1(N)CCN(Cc2ccccc2)CC1.O=C1CCN(Cc2ccccc2)CC1. The first-order chi connectivity index (χ1) is 14.9. The molecule has 2 aromatic rings. The normalized spacial score (nSPS) is 19.3. The maximum absolute atomic E-state index is 11.2. The number of ketones is 1. The minimum atomic E-state index is -0.798. The Kier molecular flexibility index (Phi) is 8.35. The minimum absolute atomic E-state index is 0.378. The highest BCUT2D eigenvalue weighted by Gasteiger charge is 2.35. The van der Waals surface area contributed by atoms with Crippen molar-refractivity contribution in [2.24, 2.45) is 11.5 Å². The molecule has 0 saturated carbocycles. The highest BCUT2D eigenvalue weighted by atomic mass is 16.1. The second-order valence-corrected chi connectivity index (χ2v) is 8.58. The van der Waals surface area contributed by atoms with Crippen LogP contribution in [-0.4, -0.2) is 53.2 Å². The summed E-state index contributed by atoms with van der Waals surface area (Å²) in [6.07, 6.45) is 2.75. The van der Waals surface area contributed by atoms with Crippen LogP contribution in [0.5, 0.6) is 0 Å². The fourth-order valence-corrected chi connectivity index (χ4v) is 4.00. The Labute approximate surface area is 185 Å². The molecule has 2 fully saturated rings. The zero-order chi connectivity index (χ0) is 22.1. The average Bonchev–Trinajstić information content (AvgIpc) is 2.79. The van der Waals surface area contributed by atoms with E-state index in [1.807, 2.05) is 24.3 Å². The first-order valence-electron chi connectivity index (χ1n) is 11.1. The molecule has 2 saturated heterocycles. The average molecular weight is 423 g/mol. The van der Waals surface area contributed by atoms with Gasteiger partial charge in [0.05, 0.1) is 5.54 Å². The van der Waals surface area contributed by atoms with Gasteiger partial charge in [-0.15, -0.1) is 0 Å². The lowest BCUT2D eigenvalue weighted by Gasteiger charge is -2.36. The molecule has 0 radical (unpaired) electrons. The Morgan fingerprint density at radius 2 is 1.19 bits per heavy atom. The molecule has 0 aliphatic carbocycles. The summed E-state index contributed by atoms with van der Waals surface area (Å²) in [5.41, 5.74) is 13.1. The second-order valence-electron chi connectivity index (χ2n) is 8.58. The van der Waals surface area contributed by atoms with E-state index in [0.29, 0.717) is 18.6 Å². The molecule has 0 spiro atoms.